The second-order valence-corrected chi connectivity index (χ2v) is 2.04. The van der Waals surface area contributed by atoms with Crippen molar-refractivity contribution in [2.45, 2.75) is 6.54 Å². The number of aromatic hydroxyl groups is 1. The van der Waals surface area contributed by atoms with E-state index in [0.29, 0.717) is 5.75 Å². The van der Waals surface area contributed by atoms with E-state index in [-0.39, 0.29) is 0 Å². The smallest absolute Gasteiger partial charge is 0.172 e. The number of allylic oxidation sites excluding steroid dienone is 1. The quantitative estimate of drug-likeness (QED) is 0.473. The van der Waals surface area contributed by atoms with Gasteiger partial charge in [-0.05, 0) is 6.08 Å². The Kier molecular flexibility index (Phi) is 2.05. The lowest BCUT2D eigenvalue weighted by Crippen LogP contribution is -2.30. The zero-order valence-corrected chi connectivity index (χ0v) is 5.70. The lowest BCUT2D eigenvalue weighted by Gasteiger charge is -1.89. The summed E-state index contributed by atoms with van der Waals surface area (Å²) in [6, 6.07) is 3.28. The molecule has 0 bridgehead atoms. The zero-order chi connectivity index (χ0) is 7.40. The van der Waals surface area contributed by atoms with Crippen molar-refractivity contribution in [3.05, 3.63) is 37.2 Å². The first-order chi connectivity index (χ1) is 4.83. The monoisotopic (exact) mass is 136 g/mol. The van der Waals surface area contributed by atoms with E-state index in [1.54, 1.807) is 30.6 Å². The Hall–Kier alpha value is -1.31. The molecular formula is C8H10NO+. The molecule has 0 saturated heterocycles. The molecule has 52 valence electrons. The Morgan fingerprint density at radius 3 is 2.60 bits per heavy atom. The minimum absolute atomic E-state index is 0.292. The Morgan fingerprint density at radius 2 is 2.10 bits per heavy atom. The van der Waals surface area contributed by atoms with Gasteiger partial charge in [0.15, 0.2) is 18.9 Å². The van der Waals surface area contributed by atoms with Crippen molar-refractivity contribution in [1.82, 2.24) is 0 Å². The average molecular weight is 136 g/mol. The van der Waals surface area contributed by atoms with Gasteiger partial charge in [-0.25, -0.2) is 4.57 Å². The summed E-state index contributed by atoms with van der Waals surface area (Å²) in [6.07, 6.45) is 5.41. The van der Waals surface area contributed by atoms with Gasteiger partial charge in [0.1, 0.15) is 5.75 Å². The molecule has 1 N–H and O–H groups in total. The van der Waals surface area contributed by atoms with E-state index in [0.717, 1.165) is 6.54 Å². The normalized spacial score (nSPS) is 9.20. The summed E-state index contributed by atoms with van der Waals surface area (Å²) in [5.41, 5.74) is 0. The van der Waals surface area contributed by atoms with E-state index in [1.165, 1.54) is 0 Å². The molecule has 0 aromatic carbocycles. The van der Waals surface area contributed by atoms with Crippen molar-refractivity contribution in [3.8, 4) is 5.75 Å². The van der Waals surface area contributed by atoms with Crippen molar-refractivity contribution in [1.29, 1.82) is 0 Å². The summed E-state index contributed by atoms with van der Waals surface area (Å²) < 4.78 is 1.92. The molecule has 1 rings (SSSR count). The number of hydrogen-bond donors (Lipinski definition) is 1. The molecule has 0 saturated carbocycles. The summed E-state index contributed by atoms with van der Waals surface area (Å²) in [7, 11) is 0. The van der Waals surface area contributed by atoms with Gasteiger partial charge in [-0.15, -0.1) is 0 Å². The molecule has 0 spiro atoms. The maximum Gasteiger partial charge on any atom is 0.172 e. The minimum Gasteiger partial charge on any atom is -0.507 e. The van der Waals surface area contributed by atoms with Crippen LogP contribution in [-0.4, -0.2) is 5.11 Å². The number of aromatic nitrogens is 1. The van der Waals surface area contributed by atoms with Crippen molar-refractivity contribution >= 4 is 0 Å². The fraction of sp³-hybridized carbons (Fsp3) is 0.125. The summed E-state index contributed by atoms with van der Waals surface area (Å²) in [5.74, 6) is 0.292. The predicted octanol–water partition coefficient (Wildman–Crippen LogP) is 0.866. The molecule has 2 nitrogen and oxygen atoms in total. The van der Waals surface area contributed by atoms with Gasteiger partial charge in [-0.2, -0.15) is 0 Å². The maximum absolute atomic E-state index is 8.89. The van der Waals surface area contributed by atoms with Crippen LogP contribution in [0.15, 0.2) is 37.2 Å². The third-order valence-electron chi connectivity index (χ3n) is 1.21. The molecule has 0 aliphatic rings. The molecule has 10 heavy (non-hydrogen) atoms. The van der Waals surface area contributed by atoms with Crippen LogP contribution >= 0.6 is 0 Å². The number of nitrogens with zero attached hydrogens (tertiary/aromatic N) is 1. The van der Waals surface area contributed by atoms with Crippen LogP contribution in [0.4, 0.5) is 0 Å². The predicted molar refractivity (Wildman–Crippen MR) is 38.5 cm³/mol. The van der Waals surface area contributed by atoms with Gasteiger partial charge < -0.3 is 5.11 Å². The van der Waals surface area contributed by atoms with E-state index in [4.69, 9.17) is 5.11 Å². The molecule has 0 aliphatic carbocycles. The minimum atomic E-state index is 0.292. The van der Waals surface area contributed by atoms with Crippen LogP contribution in [0.3, 0.4) is 0 Å². The van der Waals surface area contributed by atoms with Gasteiger partial charge in [0.25, 0.3) is 0 Å². The van der Waals surface area contributed by atoms with Crippen LogP contribution in [0.5, 0.6) is 5.75 Å². The van der Waals surface area contributed by atoms with Gasteiger partial charge in [0, 0.05) is 12.1 Å². The molecule has 1 heterocycles. The summed E-state index contributed by atoms with van der Waals surface area (Å²) in [6.45, 7) is 4.37. The summed E-state index contributed by atoms with van der Waals surface area (Å²) in [5, 5.41) is 8.89. The van der Waals surface area contributed by atoms with Crippen molar-refractivity contribution < 1.29 is 9.67 Å². The second-order valence-electron chi connectivity index (χ2n) is 2.04. The molecule has 0 radical (unpaired) electrons. The Morgan fingerprint density at radius 1 is 1.50 bits per heavy atom. The van der Waals surface area contributed by atoms with Gasteiger partial charge in [-0.3, -0.25) is 0 Å². The van der Waals surface area contributed by atoms with Gasteiger partial charge in [0.05, 0.1) is 0 Å². The van der Waals surface area contributed by atoms with Crippen LogP contribution in [0.25, 0.3) is 0 Å². The van der Waals surface area contributed by atoms with Crippen LogP contribution < -0.4 is 4.57 Å². The van der Waals surface area contributed by atoms with Gasteiger partial charge in [-0.1, -0.05) is 6.58 Å². The number of rotatable bonds is 2. The van der Waals surface area contributed by atoms with E-state index >= 15 is 0 Å². The highest BCUT2D eigenvalue weighted by atomic mass is 16.3. The first-order valence-corrected chi connectivity index (χ1v) is 3.12. The third kappa shape index (κ3) is 1.58. The molecule has 0 fully saturated rings. The Labute approximate surface area is 60.1 Å². The lowest BCUT2D eigenvalue weighted by molar-refractivity contribution is -0.687. The largest absolute Gasteiger partial charge is 0.507 e. The fourth-order valence-corrected chi connectivity index (χ4v) is 0.720. The molecule has 0 amide bonds. The Balaban J connectivity index is 2.78. The lowest BCUT2D eigenvalue weighted by atomic mass is 10.4. The summed E-state index contributed by atoms with van der Waals surface area (Å²) >= 11 is 0. The van der Waals surface area contributed by atoms with Crippen LogP contribution in [0.1, 0.15) is 0 Å². The average Bonchev–Trinajstić information content (AvgIpc) is 1.95. The van der Waals surface area contributed by atoms with Crippen LogP contribution in [0.2, 0.25) is 0 Å². The molecule has 0 aliphatic heterocycles. The van der Waals surface area contributed by atoms with Crippen molar-refractivity contribution in [3.63, 3.8) is 0 Å². The highest BCUT2D eigenvalue weighted by Gasteiger charge is 1.94. The standard InChI is InChI=1S/C8H9NO/c1-2-5-9-6-3-8(10)4-7-9/h2-4,6-7H,1,5H2/p+1. The second kappa shape index (κ2) is 3.01. The summed E-state index contributed by atoms with van der Waals surface area (Å²) in [4.78, 5) is 0. The molecule has 0 unspecified atom stereocenters. The number of pyridine rings is 1. The van der Waals surface area contributed by atoms with Gasteiger partial charge >= 0.3 is 0 Å². The third-order valence-corrected chi connectivity index (χ3v) is 1.21. The topological polar surface area (TPSA) is 24.1 Å². The van der Waals surface area contributed by atoms with Crippen LogP contribution in [-0.2, 0) is 6.54 Å². The number of hydrogen-bond acceptors (Lipinski definition) is 1. The highest BCUT2D eigenvalue weighted by molar-refractivity contribution is 5.11. The molecule has 2 heteroatoms. The fourth-order valence-electron chi connectivity index (χ4n) is 0.720. The SMILES string of the molecule is C=CC[n+]1ccc(O)cc1. The van der Waals surface area contributed by atoms with Crippen molar-refractivity contribution in [2.75, 3.05) is 0 Å². The highest BCUT2D eigenvalue weighted by Crippen LogP contribution is 2.00. The molecular weight excluding hydrogens is 126 g/mol. The first kappa shape index (κ1) is 6.81. The van der Waals surface area contributed by atoms with Crippen LogP contribution in [0, 0.1) is 0 Å². The Bertz CT molecular complexity index is 215. The van der Waals surface area contributed by atoms with Gasteiger partial charge in [0.2, 0.25) is 0 Å². The van der Waals surface area contributed by atoms with E-state index in [2.05, 4.69) is 6.58 Å². The van der Waals surface area contributed by atoms with E-state index < -0.39 is 0 Å². The zero-order valence-electron chi connectivity index (χ0n) is 5.70. The van der Waals surface area contributed by atoms with E-state index in [9.17, 15) is 0 Å². The molecule has 1 aromatic heterocycles. The van der Waals surface area contributed by atoms with E-state index in [1.807, 2.05) is 4.57 Å². The molecule has 1 aromatic rings. The van der Waals surface area contributed by atoms with Crippen molar-refractivity contribution in [2.24, 2.45) is 0 Å². The first-order valence-electron chi connectivity index (χ1n) is 3.12. The molecule has 0 atom stereocenters. The maximum atomic E-state index is 8.89.